The highest BCUT2D eigenvalue weighted by Gasteiger charge is 2.32. The maximum Gasteiger partial charge on any atom is 0.231 e. The summed E-state index contributed by atoms with van der Waals surface area (Å²) in [5.74, 6) is 1.15. The van der Waals surface area contributed by atoms with Crippen LogP contribution in [0.15, 0.2) is 0 Å². The van der Waals surface area contributed by atoms with Crippen molar-refractivity contribution in [1.29, 1.82) is 0 Å². The van der Waals surface area contributed by atoms with Gasteiger partial charge in [-0.15, -0.1) is 0 Å². The van der Waals surface area contributed by atoms with Gasteiger partial charge in [0.1, 0.15) is 0 Å². The van der Waals surface area contributed by atoms with Gasteiger partial charge in [-0.2, -0.15) is 0 Å². The first-order valence-corrected chi connectivity index (χ1v) is 6.81. The predicted molar refractivity (Wildman–Crippen MR) is 68.5 cm³/mol. The van der Waals surface area contributed by atoms with Gasteiger partial charge in [0, 0.05) is 25.2 Å². The third kappa shape index (κ3) is 3.96. The van der Waals surface area contributed by atoms with Crippen molar-refractivity contribution in [3.63, 3.8) is 0 Å². The predicted octanol–water partition coefficient (Wildman–Crippen LogP) is 0.570. The van der Waals surface area contributed by atoms with Gasteiger partial charge in [-0.1, -0.05) is 13.8 Å². The van der Waals surface area contributed by atoms with Gasteiger partial charge in [0.05, 0.1) is 6.54 Å². The van der Waals surface area contributed by atoms with E-state index in [4.69, 9.17) is 5.73 Å². The second-order valence-electron chi connectivity index (χ2n) is 6.04. The lowest BCUT2D eigenvalue weighted by molar-refractivity contribution is -0.119. The molecule has 1 aliphatic heterocycles. The molecule has 2 fully saturated rings. The van der Waals surface area contributed by atoms with E-state index in [1.807, 2.05) is 0 Å². The van der Waals surface area contributed by atoms with Crippen molar-refractivity contribution >= 4 is 5.91 Å². The van der Waals surface area contributed by atoms with E-state index in [9.17, 15) is 4.79 Å². The van der Waals surface area contributed by atoms with Gasteiger partial charge < -0.3 is 11.1 Å². The maximum absolute atomic E-state index is 11.0. The number of hydrogen-bond acceptors (Lipinski definition) is 3. The molecule has 1 heterocycles. The Labute approximate surface area is 104 Å². The van der Waals surface area contributed by atoms with Crippen molar-refractivity contribution in [3.8, 4) is 0 Å². The van der Waals surface area contributed by atoms with Crippen LogP contribution in [0.3, 0.4) is 0 Å². The third-order valence-electron chi connectivity index (χ3n) is 3.93. The van der Waals surface area contributed by atoms with Gasteiger partial charge in [-0.05, 0) is 31.1 Å². The first-order valence-electron chi connectivity index (χ1n) is 6.81. The number of nitrogens with zero attached hydrogens (tertiary/aromatic N) is 1. The summed E-state index contributed by atoms with van der Waals surface area (Å²) in [6.45, 7) is 6.94. The van der Waals surface area contributed by atoms with Gasteiger partial charge in [0.25, 0.3) is 0 Å². The highest BCUT2D eigenvalue weighted by molar-refractivity contribution is 5.75. The number of piperidine rings is 1. The Bertz CT molecular complexity index is 276. The average Bonchev–Trinajstić information content (AvgIpc) is 3.00. The standard InChI is InChI=1S/C13H25N3O/c1-9(2)10-5-12(15-11-3-4-11)7-16(6-10)8-13(14)17/h9-12,15H,3-8H2,1-2H3,(H2,14,17). The van der Waals surface area contributed by atoms with E-state index < -0.39 is 0 Å². The molecule has 2 unspecified atom stereocenters. The molecule has 98 valence electrons. The zero-order chi connectivity index (χ0) is 12.4. The number of amides is 1. The molecular weight excluding hydrogens is 214 g/mol. The lowest BCUT2D eigenvalue weighted by Gasteiger charge is -2.39. The van der Waals surface area contributed by atoms with Gasteiger partial charge in [-0.3, -0.25) is 9.69 Å². The summed E-state index contributed by atoms with van der Waals surface area (Å²) in [7, 11) is 0. The van der Waals surface area contributed by atoms with E-state index in [2.05, 4.69) is 24.1 Å². The molecule has 0 aromatic heterocycles. The Balaban J connectivity index is 1.90. The normalized spacial score (nSPS) is 30.8. The summed E-state index contributed by atoms with van der Waals surface area (Å²) in [6.07, 6.45) is 3.88. The van der Waals surface area contributed by atoms with E-state index in [0.717, 1.165) is 19.1 Å². The van der Waals surface area contributed by atoms with E-state index in [0.29, 0.717) is 24.4 Å². The van der Waals surface area contributed by atoms with Crippen LogP contribution in [-0.2, 0) is 4.79 Å². The fourth-order valence-electron chi connectivity index (χ4n) is 2.77. The van der Waals surface area contributed by atoms with Crippen molar-refractivity contribution < 1.29 is 4.79 Å². The molecule has 2 rings (SSSR count). The molecule has 17 heavy (non-hydrogen) atoms. The number of nitrogens with one attached hydrogen (secondary N) is 1. The summed E-state index contributed by atoms with van der Waals surface area (Å²) in [5.41, 5.74) is 5.30. The molecule has 2 aliphatic rings. The molecule has 4 heteroatoms. The quantitative estimate of drug-likeness (QED) is 0.737. The highest BCUT2D eigenvalue weighted by atomic mass is 16.1. The number of carbonyl (C=O) groups excluding carboxylic acids is 1. The fourth-order valence-corrected chi connectivity index (χ4v) is 2.77. The van der Waals surface area contributed by atoms with Crippen LogP contribution in [-0.4, -0.2) is 42.5 Å². The minimum absolute atomic E-state index is 0.209. The molecule has 4 nitrogen and oxygen atoms in total. The van der Waals surface area contributed by atoms with Crippen LogP contribution in [0.5, 0.6) is 0 Å². The summed E-state index contributed by atoms with van der Waals surface area (Å²) in [5, 5.41) is 3.69. The number of hydrogen-bond donors (Lipinski definition) is 2. The molecule has 1 saturated carbocycles. The molecule has 1 aliphatic carbocycles. The minimum atomic E-state index is -0.209. The Hall–Kier alpha value is -0.610. The molecule has 0 spiro atoms. The SMILES string of the molecule is CC(C)C1CC(NC2CC2)CN(CC(N)=O)C1. The Morgan fingerprint density at radius 3 is 2.59 bits per heavy atom. The molecule has 2 atom stereocenters. The Morgan fingerprint density at radius 2 is 2.06 bits per heavy atom. The zero-order valence-electron chi connectivity index (χ0n) is 11.0. The zero-order valence-corrected chi connectivity index (χ0v) is 11.0. The van der Waals surface area contributed by atoms with Crippen LogP contribution < -0.4 is 11.1 Å². The van der Waals surface area contributed by atoms with Crippen LogP contribution in [0, 0.1) is 11.8 Å². The van der Waals surface area contributed by atoms with E-state index in [1.165, 1.54) is 19.3 Å². The first-order chi connectivity index (χ1) is 8.04. The first kappa shape index (κ1) is 12.8. The van der Waals surface area contributed by atoms with Crippen molar-refractivity contribution in [3.05, 3.63) is 0 Å². The van der Waals surface area contributed by atoms with E-state index in [-0.39, 0.29) is 5.91 Å². The second-order valence-corrected chi connectivity index (χ2v) is 6.04. The highest BCUT2D eigenvalue weighted by Crippen LogP contribution is 2.27. The molecular formula is C13H25N3O. The Kier molecular flexibility index (Phi) is 4.05. The third-order valence-corrected chi connectivity index (χ3v) is 3.93. The second kappa shape index (κ2) is 5.36. The number of primary amides is 1. The average molecular weight is 239 g/mol. The molecule has 3 N–H and O–H groups in total. The van der Waals surface area contributed by atoms with E-state index in [1.54, 1.807) is 0 Å². The van der Waals surface area contributed by atoms with Crippen LogP contribution in [0.4, 0.5) is 0 Å². The lowest BCUT2D eigenvalue weighted by Crippen LogP contribution is -2.52. The fraction of sp³-hybridized carbons (Fsp3) is 0.923. The molecule has 0 aromatic rings. The minimum Gasteiger partial charge on any atom is -0.369 e. The summed E-state index contributed by atoms with van der Waals surface area (Å²) >= 11 is 0. The number of rotatable bonds is 5. The van der Waals surface area contributed by atoms with Crippen LogP contribution >= 0.6 is 0 Å². The Morgan fingerprint density at radius 1 is 1.35 bits per heavy atom. The monoisotopic (exact) mass is 239 g/mol. The molecule has 0 aromatic carbocycles. The van der Waals surface area contributed by atoms with Gasteiger partial charge in [0.15, 0.2) is 0 Å². The molecule has 1 saturated heterocycles. The topological polar surface area (TPSA) is 58.4 Å². The van der Waals surface area contributed by atoms with Crippen molar-refractivity contribution in [2.45, 2.75) is 45.2 Å². The summed E-state index contributed by atoms with van der Waals surface area (Å²) < 4.78 is 0. The van der Waals surface area contributed by atoms with Crippen molar-refractivity contribution in [1.82, 2.24) is 10.2 Å². The molecule has 1 amide bonds. The maximum atomic E-state index is 11.0. The van der Waals surface area contributed by atoms with Crippen molar-refractivity contribution in [2.75, 3.05) is 19.6 Å². The van der Waals surface area contributed by atoms with Crippen molar-refractivity contribution in [2.24, 2.45) is 17.6 Å². The largest absolute Gasteiger partial charge is 0.369 e. The molecule has 0 radical (unpaired) electrons. The molecule has 0 bridgehead atoms. The number of likely N-dealkylation sites (tertiary alicyclic amines) is 1. The summed E-state index contributed by atoms with van der Waals surface area (Å²) in [6, 6.07) is 1.28. The number of nitrogens with two attached hydrogens (primary N) is 1. The van der Waals surface area contributed by atoms with Crippen LogP contribution in [0.1, 0.15) is 33.1 Å². The smallest absolute Gasteiger partial charge is 0.231 e. The van der Waals surface area contributed by atoms with Gasteiger partial charge in [0.2, 0.25) is 5.91 Å². The number of carbonyl (C=O) groups is 1. The van der Waals surface area contributed by atoms with E-state index >= 15 is 0 Å². The van der Waals surface area contributed by atoms with Gasteiger partial charge >= 0.3 is 0 Å². The van der Waals surface area contributed by atoms with Gasteiger partial charge in [-0.25, -0.2) is 0 Å². The van der Waals surface area contributed by atoms with Crippen LogP contribution in [0.25, 0.3) is 0 Å². The van der Waals surface area contributed by atoms with Crippen LogP contribution in [0.2, 0.25) is 0 Å². The lowest BCUT2D eigenvalue weighted by atomic mass is 9.85. The summed E-state index contributed by atoms with van der Waals surface area (Å²) in [4.78, 5) is 13.3.